The summed E-state index contributed by atoms with van der Waals surface area (Å²) in [5.74, 6) is -0.807. The third kappa shape index (κ3) is 3.61. The van der Waals surface area contributed by atoms with Crippen molar-refractivity contribution in [3.05, 3.63) is 35.4 Å². The third-order valence-electron chi connectivity index (χ3n) is 4.30. The van der Waals surface area contributed by atoms with E-state index in [1.807, 2.05) is 25.1 Å². The third-order valence-corrected chi connectivity index (χ3v) is 4.30. The standard InChI is InChI=1S/C16H22N2O3/c1-2-16(7-8-17-11-16)15(21)18-10-13-6-4-3-5-12(13)9-14(19)20/h3-6,17H,2,7-11H2,1H3,(H,18,21)(H,19,20). The SMILES string of the molecule is CCC1(C(=O)NCc2ccccc2CC(=O)O)CCNC1. The van der Waals surface area contributed by atoms with Crippen LogP contribution in [0.4, 0.5) is 0 Å². The van der Waals surface area contributed by atoms with E-state index in [4.69, 9.17) is 5.11 Å². The molecule has 3 N–H and O–H groups in total. The first-order chi connectivity index (χ1) is 10.1. The Morgan fingerprint density at radius 1 is 1.33 bits per heavy atom. The molecule has 1 amide bonds. The molecule has 0 spiro atoms. The Hall–Kier alpha value is -1.88. The smallest absolute Gasteiger partial charge is 0.307 e. The summed E-state index contributed by atoms with van der Waals surface area (Å²) in [6.07, 6.45) is 1.64. The molecule has 1 unspecified atom stereocenters. The number of carbonyl (C=O) groups excluding carboxylic acids is 1. The maximum absolute atomic E-state index is 12.4. The molecule has 5 heteroatoms. The first-order valence-corrected chi connectivity index (χ1v) is 7.35. The van der Waals surface area contributed by atoms with E-state index >= 15 is 0 Å². The lowest BCUT2D eigenvalue weighted by Gasteiger charge is -2.25. The zero-order valence-electron chi connectivity index (χ0n) is 12.3. The van der Waals surface area contributed by atoms with Gasteiger partial charge in [0.2, 0.25) is 5.91 Å². The second-order valence-corrected chi connectivity index (χ2v) is 5.58. The van der Waals surface area contributed by atoms with Crippen molar-refractivity contribution < 1.29 is 14.7 Å². The quantitative estimate of drug-likeness (QED) is 0.738. The Kier molecular flexibility index (Phi) is 4.96. The minimum absolute atomic E-state index is 0.0213. The summed E-state index contributed by atoms with van der Waals surface area (Å²) in [4.78, 5) is 23.3. The summed E-state index contributed by atoms with van der Waals surface area (Å²) in [6.45, 7) is 4.00. The molecule has 1 aliphatic rings. The largest absolute Gasteiger partial charge is 0.481 e. The van der Waals surface area contributed by atoms with E-state index in [0.29, 0.717) is 13.1 Å². The summed E-state index contributed by atoms with van der Waals surface area (Å²) < 4.78 is 0. The fourth-order valence-corrected chi connectivity index (χ4v) is 2.83. The summed E-state index contributed by atoms with van der Waals surface area (Å²) in [5.41, 5.74) is 1.30. The van der Waals surface area contributed by atoms with Gasteiger partial charge in [0, 0.05) is 13.1 Å². The molecule has 21 heavy (non-hydrogen) atoms. The highest BCUT2D eigenvalue weighted by Gasteiger charge is 2.39. The van der Waals surface area contributed by atoms with Crippen molar-refractivity contribution in [2.45, 2.75) is 32.7 Å². The number of hydrogen-bond donors (Lipinski definition) is 3. The van der Waals surface area contributed by atoms with Gasteiger partial charge in [-0.15, -0.1) is 0 Å². The van der Waals surface area contributed by atoms with E-state index in [1.165, 1.54) is 0 Å². The van der Waals surface area contributed by atoms with Crippen LogP contribution < -0.4 is 10.6 Å². The molecule has 1 saturated heterocycles. The van der Waals surface area contributed by atoms with Crippen molar-refractivity contribution in [2.24, 2.45) is 5.41 Å². The van der Waals surface area contributed by atoms with Gasteiger partial charge in [-0.25, -0.2) is 0 Å². The van der Waals surface area contributed by atoms with Gasteiger partial charge in [0.15, 0.2) is 0 Å². The van der Waals surface area contributed by atoms with Crippen molar-refractivity contribution in [2.75, 3.05) is 13.1 Å². The van der Waals surface area contributed by atoms with Crippen molar-refractivity contribution in [1.29, 1.82) is 0 Å². The van der Waals surface area contributed by atoms with Crippen LogP contribution in [0.15, 0.2) is 24.3 Å². The Morgan fingerprint density at radius 3 is 2.62 bits per heavy atom. The van der Waals surface area contributed by atoms with E-state index in [-0.39, 0.29) is 17.7 Å². The number of carbonyl (C=O) groups is 2. The van der Waals surface area contributed by atoms with E-state index in [9.17, 15) is 9.59 Å². The van der Waals surface area contributed by atoms with Gasteiger partial charge in [-0.1, -0.05) is 31.2 Å². The van der Waals surface area contributed by atoms with Crippen molar-refractivity contribution in [3.8, 4) is 0 Å². The van der Waals surface area contributed by atoms with Crippen LogP contribution in [-0.4, -0.2) is 30.1 Å². The molecule has 1 aliphatic heterocycles. The molecule has 1 aromatic carbocycles. The fourth-order valence-electron chi connectivity index (χ4n) is 2.83. The topological polar surface area (TPSA) is 78.4 Å². The average Bonchev–Trinajstić information content (AvgIpc) is 2.95. The number of aliphatic carboxylic acids is 1. The predicted molar refractivity (Wildman–Crippen MR) is 79.8 cm³/mol. The lowest BCUT2D eigenvalue weighted by atomic mass is 9.83. The van der Waals surface area contributed by atoms with Crippen LogP contribution in [0.3, 0.4) is 0 Å². The number of amides is 1. The minimum Gasteiger partial charge on any atom is -0.481 e. The van der Waals surface area contributed by atoms with Gasteiger partial charge >= 0.3 is 5.97 Å². The number of hydrogen-bond acceptors (Lipinski definition) is 3. The van der Waals surface area contributed by atoms with Crippen molar-refractivity contribution in [3.63, 3.8) is 0 Å². The fraction of sp³-hybridized carbons (Fsp3) is 0.500. The number of carboxylic acid groups (broad SMARTS) is 1. The van der Waals surface area contributed by atoms with E-state index in [0.717, 1.165) is 30.5 Å². The molecule has 114 valence electrons. The number of carboxylic acids is 1. The number of benzene rings is 1. The van der Waals surface area contributed by atoms with Gasteiger partial charge < -0.3 is 15.7 Å². The van der Waals surface area contributed by atoms with Crippen LogP contribution in [0, 0.1) is 5.41 Å². The zero-order chi connectivity index (χ0) is 15.3. The van der Waals surface area contributed by atoms with Gasteiger partial charge in [0.1, 0.15) is 0 Å². The number of rotatable bonds is 6. The molecular weight excluding hydrogens is 268 g/mol. The van der Waals surface area contributed by atoms with Crippen LogP contribution >= 0.6 is 0 Å². The molecule has 0 saturated carbocycles. The maximum atomic E-state index is 12.4. The molecule has 0 bridgehead atoms. The molecule has 0 aromatic heterocycles. The van der Waals surface area contributed by atoms with Gasteiger partial charge in [-0.05, 0) is 30.5 Å². The first kappa shape index (κ1) is 15.5. The molecule has 1 heterocycles. The van der Waals surface area contributed by atoms with Crippen LogP contribution in [0.25, 0.3) is 0 Å². The lowest BCUT2D eigenvalue weighted by Crippen LogP contribution is -2.41. The van der Waals surface area contributed by atoms with E-state index < -0.39 is 5.97 Å². The zero-order valence-corrected chi connectivity index (χ0v) is 12.3. The average molecular weight is 290 g/mol. The van der Waals surface area contributed by atoms with Crippen LogP contribution in [0.5, 0.6) is 0 Å². The van der Waals surface area contributed by atoms with Gasteiger partial charge in [-0.3, -0.25) is 9.59 Å². The second kappa shape index (κ2) is 6.72. The molecule has 1 atom stereocenters. The predicted octanol–water partition coefficient (Wildman–Crippen LogP) is 1.32. The van der Waals surface area contributed by atoms with Crippen molar-refractivity contribution >= 4 is 11.9 Å². The monoisotopic (exact) mass is 290 g/mol. The van der Waals surface area contributed by atoms with E-state index in [1.54, 1.807) is 6.07 Å². The van der Waals surface area contributed by atoms with Gasteiger partial charge in [0.05, 0.1) is 11.8 Å². The molecule has 0 aliphatic carbocycles. The molecule has 5 nitrogen and oxygen atoms in total. The molecular formula is C16H22N2O3. The van der Waals surface area contributed by atoms with Crippen LogP contribution in [0.1, 0.15) is 30.9 Å². The highest BCUT2D eigenvalue weighted by molar-refractivity contribution is 5.83. The lowest BCUT2D eigenvalue weighted by molar-refractivity contribution is -0.136. The van der Waals surface area contributed by atoms with Gasteiger partial charge in [-0.2, -0.15) is 0 Å². The molecule has 2 rings (SSSR count). The summed E-state index contributed by atoms with van der Waals surface area (Å²) >= 11 is 0. The number of nitrogens with one attached hydrogen (secondary N) is 2. The molecule has 1 aromatic rings. The Labute approximate surface area is 124 Å². The Morgan fingerprint density at radius 2 is 2.05 bits per heavy atom. The van der Waals surface area contributed by atoms with Gasteiger partial charge in [0.25, 0.3) is 0 Å². The summed E-state index contributed by atoms with van der Waals surface area (Å²) in [7, 11) is 0. The molecule has 1 fully saturated rings. The molecule has 0 radical (unpaired) electrons. The normalized spacial score (nSPS) is 21.2. The summed E-state index contributed by atoms with van der Waals surface area (Å²) in [5, 5.41) is 15.1. The summed E-state index contributed by atoms with van der Waals surface area (Å²) in [6, 6.07) is 7.34. The van der Waals surface area contributed by atoms with E-state index in [2.05, 4.69) is 10.6 Å². The Balaban J connectivity index is 2.02. The highest BCUT2D eigenvalue weighted by Crippen LogP contribution is 2.29. The second-order valence-electron chi connectivity index (χ2n) is 5.58. The highest BCUT2D eigenvalue weighted by atomic mass is 16.4. The van der Waals surface area contributed by atoms with Crippen LogP contribution in [-0.2, 0) is 22.6 Å². The van der Waals surface area contributed by atoms with Crippen LogP contribution in [0.2, 0.25) is 0 Å². The minimum atomic E-state index is -0.862. The maximum Gasteiger partial charge on any atom is 0.307 e. The Bertz CT molecular complexity index is 522. The first-order valence-electron chi connectivity index (χ1n) is 7.35. The van der Waals surface area contributed by atoms with Crippen molar-refractivity contribution in [1.82, 2.24) is 10.6 Å².